The van der Waals surface area contributed by atoms with E-state index in [-0.39, 0.29) is 6.61 Å². The van der Waals surface area contributed by atoms with Crippen LogP contribution in [-0.2, 0) is 6.54 Å². The lowest BCUT2D eigenvalue weighted by Gasteiger charge is -2.35. The number of aryl methyl sites for hydroxylation is 1. The lowest BCUT2D eigenvalue weighted by Crippen LogP contribution is -2.39. The molecule has 4 heteroatoms. The summed E-state index contributed by atoms with van der Waals surface area (Å²) in [6.07, 6.45) is 6.30. The number of rotatable bonds is 5. The summed E-state index contributed by atoms with van der Waals surface area (Å²) in [6, 6.07) is 4.61. The Morgan fingerprint density at radius 2 is 2.05 bits per heavy atom. The maximum Gasteiger partial charge on any atom is 0.129 e. The van der Waals surface area contributed by atoms with E-state index in [1.165, 1.54) is 32.1 Å². The Balaban J connectivity index is 2.24. The number of anilines is 1. The fourth-order valence-electron chi connectivity index (χ4n) is 2.97. The number of aliphatic hydroxyl groups is 1. The maximum absolute atomic E-state index is 9.33. The van der Waals surface area contributed by atoms with Crippen molar-refractivity contribution in [1.29, 1.82) is 0 Å². The summed E-state index contributed by atoms with van der Waals surface area (Å²) in [4.78, 5) is 6.90. The van der Waals surface area contributed by atoms with Gasteiger partial charge >= 0.3 is 0 Å². The molecule has 1 aliphatic rings. The summed E-state index contributed by atoms with van der Waals surface area (Å²) < 4.78 is 0. The van der Waals surface area contributed by atoms with Crippen LogP contribution in [0.5, 0.6) is 0 Å². The number of hydrogen-bond acceptors (Lipinski definition) is 4. The Hall–Kier alpha value is -1.13. The van der Waals surface area contributed by atoms with E-state index in [0.29, 0.717) is 19.1 Å². The van der Waals surface area contributed by atoms with Crippen LogP contribution in [0.3, 0.4) is 0 Å². The normalized spacial score (nSPS) is 16.6. The second kappa shape index (κ2) is 6.87. The summed E-state index contributed by atoms with van der Waals surface area (Å²) in [5.41, 5.74) is 7.85. The van der Waals surface area contributed by atoms with Gasteiger partial charge in [0.05, 0.1) is 6.61 Å². The van der Waals surface area contributed by atoms with Crippen LogP contribution < -0.4 is 10.6 Å². The van der Waals surface area contributed by atoms with E-state index in [9.17, 15) is 5.11 Å². The molecule has 1 aromatic heterocycles. The molecule has 4 nitrogen and oxygen atoms in total. The molecule has 0 bridgehead atoms. The molecule has 0 unspecified atom stereocenters. The number of nitrogens with two attached hydrogens (primary N) is 1. The number of aliphatic hydroxyl groups excluding tert-OH is 1. The zero-order valence-electron chi connectivity index (χ0n) is 11.8. The lowest BCUT2D eigenvalue weighted by atomic mass is 9.94. The number of nitrogens with zero attached hydrogens (tertiary/aromatic N) is 2. The van der Waals surface area contributed by atoms with Gasteiger partial charge in [0, 0.05) is 24.8 Å². The average Bonchev–Trinajstić information content (AvgIpc) is 2.45. The topological polar surface area (TPSA) is 62.4 Å². The molecule has 1 aromatic rings. The predicted octanol–water partition coefficient (Wildman–Crippen LogP) is 1.98. The van der Waals surface area contributed by atoms with Crippen molar-refractivity contribution in [1.82, 2.24) is 4.98 Å². The van der Waals surface area contributed by atoms with Gasteiger partial charge in [-0.2, -0.15) is 0 Å². The van der Waals surface area contributed by atoms with E-state index in [1.54, 1.807) is 0 Å². The Morgan fingerprint density at radius 1 is 1.32 bits per heavy atom. The third kappa shape index (κ3) is 3.67. The van der Waals surface area contributed by atoms with Crippen molar-refractivity contribution >= 4 is 5.82 Å². The SMILES string of the molecule is Cc1cc(CN)cc(N(CCO)C2CCCCC2)n1. The molecular formula is C15H25N3O. The first-order valence-electron chi connectivity index (χ1n) is 7.29. The standard InChI is InChI=1S/C15H25N3O/c1-12-9-13(11-16)10-15(17-12)18(7-8-19)14-5-3-2-4-6-14/h9-10,14,19H,2-8,11,16H2,1H3. The van der Waals surface area contributed by atoms with Crippen molar-refractivity contribution < 1.29 is 5.11 Å². The Bertz CT molecular complexity index is 402. The molecule has 1 saturated carbocycles. The molecular weight excluding hydrogens is 238 g/mol. The quantitative estimate of drug-likeness (QED) is 0.852. The highest BCUT2D eigenvalue weighted by Crippen LogP contribution is 2.26. The van der Waals surface area contributed by atoms with E-state index in [1.807, 2.05) is 13.0 Å². The summed E-state index contributed by atoms with van der Waals surface area (Å²) in [6.45, 7) is 3.36. The van der Waals surface area contributed by atoms with Crippen LogP contribution in [-0.4, -0.2) is 29.3 Å². The first kappa shape index (κ1) is 14.3. The van der Waals surface area contributed by atoms with Gasteiger partial charge in [-0.25, -0.2) is 4.98 Å². The van der Waals surface area contributed by atoms with Crippen molar-refractivity contribution in [2.24, 2.45) is 5.73 Å². The van der Waals surface area contributed by atoms with Crippen LogP contribution in [0.4, 0.5) is 5.82 Å². The van der Waals surface area contributed by atoms with Gasteiger partial charge in [-0.1, -0.05) is 19.3 Å². The summed E-state index contributed by atoms with van der Waals surface area (Å²) >= 11 is 0. The monoisotopic (exact) mass is 263 g/mol. The Kier molecular flexibility index (Phi) is 5.16. The molecule has 0 amide bonds. The third-order valence-corrected chi connectivity index (χ3v) is 3.89. The number of aromatic nitrogens is 1. The van der Waals surface area contributed by atoms with E-state index in [2.05, 4.69) is 16.0 Å². The molecule has 106 valence electrons. The van der Waals surface area contributed by atoms with Gasteiger partial charge in [0.25, 0.3) is 0 Å². The molecule has 0 atom stereocenters. The first-order chi connectivity index (χ1) is 9.24. The summed E-state index contributed by atoms with van der Waals surface area (Å²) in [5, 5.41) is 9.33. The minimum atomic E-state index is 0.171. The maximum atomic E-state index is 9.33. The van der Waals surface area contributed by atoms with E-state index in [0.717, 1.165) is 17.1 Å². The van der Waals surface area contributed by atoms with Crippen LogP contribution in [0, 0.1) is 6.92 Å². The number of hydrogen-bond donors (Lipinski definition) is 2. The zero-order valence-corrected chi connectivity index (χ0v) is 11.8. The Labute approximate surface area is 115 Å². The lowest BCUT2D eigenvalue weighted by molar-refractivity contribution is 0.289. The van der Waals surface area contributed by atoms with Crippen LogP contribution in [0.1, 0.15) is 43.4 Å². The zero-order chi connectivity index (χ0) is 13.7. The highest BCUT2D eigenvalue weighted by atomic mass is 16.3. The molecule has 0 radical (unpaired) electrons. The van der Waals surface area contributed by atoms with Gasteiger partial charge in [0.1, 0.15) is 5.82 Å². The third-order valence-electron chi connectivity index (χ3n) is 3.89. The van der Waals surface area contributed by atoms with Crippen LogP contribution in [0.25, 0.3) is 0 Å². The van der Waals surface area contributed by atoms with Gasteiger partial charge < -0.3 is 15.7 Å². The molecule has 0 saturated heterocycles. The Morgan fingerprint density at radius 3 is 2.68 bits per heavy atom. The van der Waals surface area contributed by atoms with Crippen LogP contribution in [0.15, 0.2) is 12.1 Å². The van der Waals surface area contributed by atoms with E-state index in [4.69, 9.17) is 5.73 Å². The van der Waals surface area contributed by atoms with Crippen LogP contribution >= 0.6 is 0 Å². The van der Waals surface area contributed by atoms with Crippen molar-refractivity contribution in [3.05, 3.63) is 23.4 Å². The molecule has 0 aromatic carbocycles. The van der Waals surface area contributed by atoms with Gasteiger partial charge in [-0.3, -0.25) is 0 Å². The van der Waals surface area contributed by atoms with E-state index < -0.39 is 0 Å². The number of pyridine rings is 1. The van der Waals surface area contributed by atoms with Crippen molar-refractivity contribution in [3.8, 4) is 0 Å². The molecule has 1 fully saturated rings. The first-order valence-corrected chi connectivity index (χ1v) is 7.29. The smallest absolute Gasteiger partial charge is 0.129 e. The van der Waals surface area contributed by atoms with Crippen molar-refractivity contribution in [2.75, 3.05) is 18.1 Å². The van der Waals surface area contributed by atoms with E-state index >= 15 is 0 Å². The summed E-state index contributed by atoms with van der Waals surface area (Å²) in [7, 11) is 0. The largest absolute Gasteiger partial charge is 0.395 e. The van der Waals surface area contributed by atoms with Gasteiger partial charge in [-0.05, 0) is 37.5 Å². The van der Waals surface area contributed by atoms with Crippen LogP contribution in [0.2, 0.25) is 0 Å². The van der Waals surface area contributed by atoms with Gasteiger partial charge in [0.15, 0.2) is 0 Å². The molecule has 3 N–H and O–H groups in total. The minimum Gasteiger partial charge on any atom is -0.395 e. The molecule has 0 aliphatic heterocycles. The van der Waals surface area contributed by atoms with Crippen molar-refractivity contribution in [2.45, 2.75) is 51.6 Å². The molecule has 2 rings (SSSR count). The fourth-order valence-corrected chi connectivity index (χ4v) is 2.97. The minimum absolute atomic E-state index is 0.171. The molecule has 19 heavy (non-hydrogen) atoms. The van der Waals surface area contributed by atoms with Gasteiger partial charge in [-0.15, -0.1) is 0 Å². The van der Waals surface area contributed by atoms with Crippen molar-refractivity contribution in [3.63, 3.8) is 0 Å². The second-order valence-corrected chi connectivity index (χ2v) is 5.39. The highest BCUT2D eigenvalue weighted by Gasteiger charge is 2.22. The van der Waals surface area contributed by atoms with Gasteiger partial charge in [0.2, 0.25) is 0 Å². The fraction of sp³-hybridized carbons (Fsp3) is 0.667. The predicted molar refractivity (Wildman–Crippen MR) is 78.2 cm³/mol. The summed E-state index contributed by atoms with van der Waals surface area (Å²) in [5.74, 6) is 0.974. The molecule has 1 heterocycles. The average molecular weight is 263 g/mol. The molecule has 0 spiro atoms. The molecule has 1 aliphatic carbocycles. The highest BCUT2D eigenvalue weighted by molar-refractivity contribution is 5.44. The second-order valence-electron chi connectivity index (χ2n) is 5.39.